The first-order valence-electron chi connectivity index (χ1n) is 8.25. The third kappa shape index (κ3) is 3.36. The lowest BCUT2D eigenvalue weighted by Gasteiger charge is -2.36. The fourth-order valence-corrected chi connectivity index (χ4v) is 3.28. The van der Waals surface area contributed by atoms with Crippen molar-refractivity contribution in [2.45, 2.75) is 31.8 Å². The summed E-state index contributed by atoms with van der Waals surface area (Å²) in [5.41, 5.74) is 2.81. The Morgan fingerprint density at radius 3 is 2.56 bits per heavy atom. The van der Waals surface area contributed by atoms with Crippen LogP contribution in [0.2, 0.25) is 0 Å². The summed E-state index contributed by atoms with van der Waals surface area (Å²) >= 11 is 0. The molecule has 3 rings (SSSR count). The number of methoxy groups -OCH3 is 1. The number of ether oxygens (including phenoxy) is 1. The molecule has 1 aliphatic heterocycles. The second-order valence-electron chi connectivity index (χ2n) is 6.29. The zero-order valence-corrected chi connectivity index (χ0v) is 14.3. The predicted molar refractivity (Wildman–Crippen MR) is 93.5 cm³/mol. The SMILES string of the molecule is COc1cccc(C(C)C(=O)N2Cc3ccccc3CC2C(=O)O)c1. The summed E-state index contributed by atoms with van der Waals surface area (Å²) in [6.45, 7) is 2.12. The Morgan fingerprint density at radius 1 is 1.16 bits per heavy atom. The van der Waals surface area contributed by atoms with Gasteiger partial charge in [-0.1, -0.05) is 36.4 Å². The maximum Gasteiger partial charge on any atom is 0.326 e. The van der Waals surface area contributed by atoms with Crippen LogP contribution in [0.3, 0.4) is 0 Å². The molecule has 2 aromatic rings. The molecular weight excluding hydrogens is 318 g/mol. The summed E-state index contributed by atoms with van der Waals surface area (Å²) in [7, 11) is 1.58. The van der Waals surface area contributed by atoms with E-state index in [1.165, 1.54) is 4.90 Å². The molecule has 2 aromatic carbocycles. The predicted octanol–water partition coefficient (Wildman–Crippen LogP) is 2.84. The van der Waals surface area contributed by atoms with Crippen LogP contribution >= 0.6 is 0 Å². The van der Waals surface area contributed by atoms with Crippen molar-refractivity contribution in [1.82, 2.24) is 4.90 Å². The van der Waals surface area contributed by atoms with E-state index >= 15 is 0 Å². The first-order chi connectivity index (χ1) is 12.0. The largest absolute Gasteiger partial charge is 0.497 e. The van der Waals surface area contributed by atoms with E-state index < -0.39 is 17.9 Å². The average Bonchev–Trinajstić information content (AvgIpc) is 2.65. The molecule has 130 valence electrons. The highest BCUT2D eigenvalue weighted by molar-refractivity contribution is 5.88. The highest BCUT2D eigenvalue weighted by atomic mass is 16.5. The van der Waals surface area contributed by atoms with Crippen LogP contribution < -0.4 is 4.74 Å². The normalized spacial score (nSPS) is 17.5. The minimum absolute atomic E-state index is 0.185. The zero-order valence-electron chi connectivity index (χ0n) is 14.3. The lowest BCUT2D eigenvalue weighted by atomic mass is 9.91. The monoisotopic (exact) mass is 339 g/mol. The van der Waals surface area contributed by atoms with Crippen LogP contribution in [0.5, 0.6) is 5.75 Å². The number of aliphatic carboxylic acids is 1. The molecule has 5 heteroatoms. The number of hydrogen-bond acceptors (Lipinski definition) is 3. The second-order valence-corrected chi connectivity index (χ2v) is 6.29. The summed E-state index contributed by atoms with van der Waals surface area (Å²) in [6.07, 6.45) is 0.335. The van der Waals surface area contributed by atoms with E-state index in [4.69, 9.17) is 4.74 Å². The fourth-order valence-electron chi connectivity index (χ4n) is 3.28. The number of nitrogens with zero attached hydrogens (tertiary/aromatic N) is 1. The number of amides is 1. The topological polar surface area (TPSA) is 66.8 Å². The van der Waals surface area contributed by atoms with Gasteiger partial charge in [-0.15, -0.1) is 0 Å². The van der Waals surface area contributed by atoms with Gasteiger partial charge in [-0.2, -0.15) is 0 Å². The fraction of sp³-hybridized carbons (Fsp3) is 0.300. The highest BCUT2D eigenvalue weighted by Crippen LogP contribution is 2.28. The lowest BCUT2D eigenvalue weighted by Crippen LogP contribution is -2.49. The molecule has 2 atom stereocenters. The molecule has 1 N–H and O–H groups in total. The van der Waals surface area contributed by atoms with Crippen LogP contribution in [0.15, 0.2) is 48.5 Å². The van der Waals surface area contributed by atoms with Crippen molar-refractivity contribution in [2.24, 2.45) is 0 Å². The van der Waals surface area contributed by atoms with Crippen molar-refractivity contribution in [3.8, 4) is 5.75 Å². The van der Waals surface area contributed by atoms with Gasteiger partial charge in [0.15, 0.2) is 0 Å². The van der Waals surface area contributed by atoms with Crippen molar-refractivity contribution in [1.29, 1.82) is 0 Å². The Kier molecular flexibility index (Phi) is 4.74. The molecule has 0 saturated heterocycles. The van der Waals surface area contributed by atoms with Crippen molar-refractivity contribution in [3.05, 3.63) is 65.2 Å². The first-order valence-corrected chi connectivity index (χ1v) is 8.25. The summed E-state index contributed by atoms with van der Waals surface area (Å²) in [4.78, 5) is 26.3. The molecule has 0 aliphatic carbocycles. The number of carboxylic acids is 1. The van der Waals surface area contributed by atoms with Crippen LogP contribution in [-0.2, 0) is 22.6 Å². The van der Waals surface area contributed by atoms with Gasteiger partial charge in [0.05, 0.1) is 13.0 Å². The van der Waals surface area contributed by atoms with Crippen molar-refractivity contribution < 1.29 is 19.4 Å². The van der Waals surface area contributed by atoms with Gasteiger partial charge < -0.3 is 14.7 Å². The maximum atomic E-state index is 13.0. The van der Waals surface area contributed by atoms with E-state index in [9.17, 15) is 14.7 Å². The smallest absolute Gasteiger partial charge is 0.326 e. The molecule has 2 unspecified atom stereocenters. The number of rotatable bonds is 4. The number of carboxylic acid groups (broad SMARTS) is 1. The number of carbonyl (C=O) groups is 2. The molecule has 0 saturated carbocycles. The molecule has 0 bridgehead atoms. The summed E-state index contributed by atoms with van der Waals surface area (Å²) < 4.78 is 5.22. The summed E-state index contributed by atoms with van der Waals surface area (Å²) in [5.74, 6) is -0.922. The zero-order chi connectivity index (χ0) is 18.0. The molecule has 5 nitrogen and oxygen atoms in total. The molecule has 0 aromatic heterocycles. The van der Waals surface area contributed by atoms with Gasteiger partial charge >= 0.3 is 5.97 Å². The van der Waals surface area contributed by atoms with Crippen molar-refractivity contribution in [3.63, 3.8) is 0 Å². The van der Waals surface area contributed by atoms with E-state index in [-0.39, 0.29) is 5.91 Å². The molecular formula is C20H21NO4. The Labute approximate surface area is 146 Å². The molecule has 1 amide bonds. The van der Waals surface area contributed by atoms with Crippen LogP contribution in [0.1, 0.15) is 29.5 Å². The van der Waals surface area contributed by atoms with Gasteiger partial charge in [0, 0.05) is 13.0 Å². The first kappa shape index (κ1) is 17.0. The maximum absolute atomic E-state index is 13.0. The Morgan fingerprint density at radius 2 is 1.88 bits per heavy atom. The van der Waals surface area contributed by atoms with Crippen LogP contribution in [-0.4, -0.2) is 35.0 Å². The van der Waals surface area contributed by atoms with Crippen LogP contribution in [0, 0.1) is 0 Å². The van der Waals surface area contributed by atoms with Gasteiger partial charge in [0.1, 0.15) is 11.8 Å². The third-order valence-corrected chi connectivity index (χ3v) is 4.78. The molecule has 1 heterocycles. The molecule has 25 heavy (non-hydrogen) atoms. The Hall–Kier alpha value is -2.82. The van der Waals surface area contributed by atoms with Crippen LogP contribution in [0.4, 0.5) is 0 Å². The van der Waals surface area contributed by atoms with Gasteiger partial charge in [0.25, 0.3) is 0 Å². The molecule has 0 radical (unpaired) electrons. The van der Waals surface area contributed by atoms with E-state index in [0.717, 1.165) is 16.7 Å². The highest BCUT2D eigenvalue weighted by Gasteiger charge is 2.36. The third-order valence-electron chi connectivity index (χ3n) is 4.78. The molecule has 1 aliphatic rings. The Balaban J connectivity index is 1.90. The molecule has 0 fully saturated rings. The quantitative estimate of drug-likeness (QED) is 0.930. The van der Waals surface area contributed by atoms with Gasteiger partial charge in [-0.25, -0.2) is 4.79 Å². The van der Waals surface area contributed by atoms with Crippen LogP contribution in [0.25, 0.3) is 0 Å². The minimum Gasteiger partial charge on any atom is -0.497 e. The Bertz CT molecular complexity index is 802. The number of hydrogen-bond donors (Lipinski definition) is 1. The number of fused-ring (bicyclic) bond motifs is 1. The number of benzene rings is 2. The standard InChI is InChI=1S/C20H21NO4/c1-13(14-8-5-9-17(10-14)25-2)19(22)21-12-16-7-4-3-6-15(16)11-18(21)20(23)24/h3-10,13,18H,11-12H2,1-2H3,(H,23,24). The number of carbonyl (C=O) groups excluding carboxylic acids is 1. The second kappa shape index (κ2) is 6.97. The van der Waals surface area contributed by atoms with Gasteiger partial charge in [0.2, 0.25) is 5.91 Å². The van der Waals surface area contributed by atoms with E-state index in [0.29, 0.717) is 18.7 Å². The van der Waals surface area contributed by atoms with E-state index in [2.05, 4.69) is 0 Å². The minimum atomic E-state index is -0.972. The average molecular weight is 339 g/mol. The lowest BCUT2D eigenvalue weighted by molar-refractivity contribution is -0.151. The summed E-state index contributed by atoms with van der Waals surface area (Å²) in [6, 6.07) is 14.2. The van der Waals surface area contributed by atoms with Crippen molar-refractivity contribution in [2.75, 3.05) is 7.11 Å². The van der Waals surface area contributed by atoms with Gasteiger partial charge in [-0.05, 0) is 35.7 Å². The summed E-state index contributed by atoms with van der Waals surface area (Å²) in [5, 5.41) is 9.60. The molecule has 0 spiro atoms. The van der Waals surface area contributed by atoms with Crippen molar-refractivity contribution >= 4 is 11.9 Å². The van der Waals surface area contributed by atoms with E-state index in [1.807, 2.05) is 48.5 Å². The van der Waals surface area contributed by atoms with E-state index in [1.54, 1.807) is 14.0 Å². The van der Waals surface area contributed by atoms with Gasteiger partial charge in [-0.3, -0.25) is 4.79 Å².